The molecule has 1 aliphatic carbocycles. The minimum Gasteiger partial charge on any atom is -0.339 e. The molecule has 98 valence electrons. The van der Waals surface area contributed by atoms with E-state index in [0.717, 1.165) is 19.3 Å². The second-order valence-corrected chi connectivity index (χ2v) is 6.14. The van der Waals surface area contributed by atoms with Gasteiger partial charge in [0, 0.05) is 17.8 Å². The van der Waals surface area contributed by atoms with Crippen molar-refractivity contribution in [2.75, 3.05) is 0 Å². The van der Waals surface area contributed by atoms with Gasteiger partial charge in [0.1, 0.15) is 5.54 Å². The Hall–Kier alpha value is -1.46. The molecule has 3 rings (SSSR count). The Kier molecular flexibility index (Phi) is 3.24. The fourth-order valence-electron chi connectivity index (χ4n) is 2.20. The molecule has 1 fully saturated rings. The summed E-state index contributed by atoms with van der Waals surface area (Å²) in [6, 6.07) is 3.45. The maximum atomic E-state index is 12.2. The number of amides is 1. The maximum absolute atomic E-state index is 12.2. The van der Waals surface area contributed by atoms with Crippen LogP contribution in [0.4, 0.5) is 0 Å². The molecular weight excluding hydrogens is 282 g/mol. The highest BCUT2D eigenvalue weighted by Gasteiger charge is 2.42. The molecule has 6 heteroatoms. The molecule has 1 saturated carbocycles. The number of hydrogen-bond acceptors (Lipinski definition) is 4. The van der Waals surface area contributed by atoms with Crippen molar-refractivity contribution in [2.24, 2.45) is 0 Å². The lowest BCUT2D eigenvalue weighted by atomic mass is 9.75. The zero-order valence-electron chi connectivity index (χ0n) is 10.1. The molecule has 0 atom stereocenters. The molecule has 0 unspecified atom stereocenters. The third-order valence-electron chi connectivity index (χ3n) is 3.38. The highest BCUT2D eigenvalue weighted by atomic mass is 35.5. The molecular formula is C13H12ClN3OS. The summed E-state index contributed by atoms with van der Waals surface area (Å²) >= 11 is 7.21. The van der Waals surface area contributed by atoms with E-state index in [1.165, 1.54) is 11.3 Å². The Morgan fingerprint density at radius 3 is 2.63 bits per heavy atom. The topological polar surface area (TPSA) is 54.9 Å². The summed E-state index contributed by atoms with van der Waals surface area (Å²) in [5.41, 5.74) is 0.185. The van der Waals surface area contributed by atoms with Gasteiger partial charge in [-0.1, -0.05) is 11.6 Å². The first-order valence-corrected chi connectivity index (χ1v) is 7.29. The molecule has 4 nitrogen and oxygen atoms in total. The molecule has 1 aliphatic rings. The van der Waals surface area contributed by atoms with Crippen LogP contribution >= 0.6 is 22.9 Å². The normalized spacial score (nSPS) is 16.7. The van der Waals surface area contributed by atoms with Crippen molar-refractivity contribution < 1.29 is 4.79 Å². The van der Waals surface area contributed by atoms with E-state index in [2.05, 4.69) is 15.3 Å². The Morgan fingerprint density at radius 2 is 2.11 bits per heavy atom. The van der Waals surface area contributed by atoms with E-state index in [1.807, 2.05) is 0 Å². The summed E-state index contributed by atoms with van der Waals surface area (Å²) in [5, 5.41) is 4.82. The lowest BCUT2D eigenvalue weighted by Gasteiger charge is -2.40. The second kappa shape index (κ2) is 4.90. The molecule has 19 heavy (non-hydrogen) atoms. The predicted octanol–water partition coefficient (Wildman–Crippen LogP) is 3.00. The molecule has 0 radical (unpaired) electrons. The number of nitrogens with one attached hydrogen (secondary N) is 1. The molecule has 1 amide bonds. The molecule has 0 aliphatic heterocycles. The Morgan fingerprint density at radius 1 is 1.37 bits per heavy atom. The zero-order valence-corrected chi connectivity index (χ0v) is 11.7. The summed E-state index contributed by atoms with van der Waals surface area (Å²) in [4.78, 5) is 20.8. The number of halogens is 1. The van der Waals surface area contributed by atoms with Gasteiger partial charge in [-0.25, -0.2) is 9.97 Å². The fraction of sp³-hybridized carbons (Fsp3) is 0.308. The first-order valence-electron chi connectivity index (χ1n) is 6.04. The molecule has 0 bridgehead atoms. The number of carbonyl (C=O) groups is 1. The SMILES string of the molecule is O=C(NC1(c2ncccn2)CCC1)c1csc(Cl)c1. The van der Waals surface area contributed by atoms with Crippen LogP contribution < -0.4 is 5.32 Å². The van der Waals surface area contributed by atoms with Gasteiger partial charge in [0.25, 0.3) is 5.91 Å². The van der Waals surface area contributed by atoms with Crippen LogP contribution in [0.3, 0.4) is 0 Å². The minimum atomic E-state index is -0.410. The van der Waals surface area contributed by atoms with E-state index in [-0.39, 0.29) is 5.91 Å². The van der Waals surface area contributed by atoms with Crippen molar-refractivity contribution in [3.8, 4) is 0 Å². The van der Waals surface area contributed by atoms with Crippen LogP contribution in [-0.4, -0.2) is 15.9 Å². The van der Waals surface area contributed by atoms with E-state index in [4.69, 9.17) is 11.6 Å². The Labute approximate surface area is 119 Å². The van der Waals surface area contributed by atoms with Crippen molar-refractivity contribution >= 4 is 28.8 Å². The highest BCUT2D eigenvalue weighted by Crippen LogP contribution is 2.39. The van der Waals surface area contributed by atoms with E-state index < -0.39 is 5.54 Å². The smallest absolute Gasteiger partial charge is 0.252 e. The highest BCUT2D eigenvalue weighted by molar-refractivity contribution is 7.14. The number of thiophene rings is 1. The van der Waals surface area contributed by atoms with E-state index in [0.29, 0.717) is 15.7 Å². The quantitative estimate of drug-likeness (QED) is 0.946. The number of carbonyl (C=O) groups excluding carboxylic acids is 1. The summed E-state index contributed by atoms with van der Waals surface area (Å²) in [7, 11) is 0. The summed E-state index contributed by atoms with van der Waals surface area (Å²) < 4.78 is 0.615. The van der Waals surface area contributed by atoms with Gasteiger partial charge in [0.2, 0.25) is 0 Å². The number of aromatic nitrogens is 2. The van der Waals surface area contributed by atoms with Gasteiger partial charge in [0.05, 0.1) is 9.90 Å². The standard InChI is InChI=1S/C13H12ClN3OS/c14-10-7-9(8-19-10)11(18)17-13(3-1-4-13)12-15-5-2-6-16-12/h2,5-8H,1,3-4H2,(H,17,18). The van der Waals surface area contributed by atoms with Gasteiger partial charge >= 0.3 is 0 Å². The van der Waals surface area contributed by atoms with Crippen LogP contribution in [-0.2, 0) is 5.54 Å². The molecule has 0 saturated heterocycles. The van der Waals surface area contributed by atoms with Gasteiger partial charge in [0.15, 0.2) is 5.82 Å². The monoisotopic (exact) mass is 293 g/mol. The number of nitrogens with zero attached hydrogens (tertiary/aromatic N) is 2. The van der Waals surface area contributed by atoms with E-state index in [1.54, 1.807) is 29.9 Å². The van der Waals surface area contributed by atoms with Crippen LogP contribution in [0.5, 0.6) is 0 Å². The fourth-order valence-corrected chi connectivity index (χ4v) is 3.06. The van der Waals surface area contributed by atoms with Gasteiger partial charge < -0.3 is 5.32 Å². The number of hydrogen-bond donors (Lipinski definition) is 1. The average Bonchev–Trinajstić information content (AvgIpc) is 2.81. The molecule has 2 aromatic heterocycles. The number of rotatable bonds is 3. The van der Waals surface area contributed by atoms with Crippen LogP contribution in [0.15, 0.2) is 29.9 Å². The summed E-state index contributed by atoms with van der Waals surface area (Å²) in [6.45, 7) is 0. The van der Waals surface area contributed by atoms with E-state index >= 15 is 0 Å². The third-order valence-corrected chi connectivity index (χ3v) is 4.47. The molecule has 0 aromatic carbocycles. The molecule has 0 spiro atoms. The summed E-state index contributed by atoms with van der Waals surface area (Å²) in [5.74, 6) is 0.575. The van der Waals surface area contributed by atoms with Crippen molar-refractivity contribution in [1.29, 1.82) is 0 Å². The Bertz CT molecular complexity index is 595. The summed E-state index contributed by atoms with van der Waals surface area (Å²) in [6.07, 6.45) is 6.23. The lowest BCUT2D eigenvalue weighted by molar-refractivity contribution is 0.0809. The third kappa shape index (κ3) is 2.35. The van der Waals surface area contributed by atoms with E-state index in [9.17, 15) is 4.79 Å². The Balaban J connectivity index is 1.82. The molecule has 1 N–H and O–H groups in total. The van der Waals surface area contributed by atoms with Gasteiger partial charge in [-0.15, -0.1) is 11.3 Å². The minimum absolute atomic E-state index is 0.115. The maximum Gasteiger partial charge on any atom is 0.252 e. The lowest BCUT2D eigenvalue weighted by Crippen LogP contribution is -2.51. The van der Waals surface area contributed by atoms with Gasteiger partial charge in [-0.3, -0.25) is 4.79 Å². The van der Waals surface area contributed by atoms with Crippen LogP contribution in [0.2, 0.25) is 4.34 Å². The van der Waals surface area contributed by atoms with Crippen molar-refractivity contribution in [3.05, 3.63) is 45.6 Å². The van der Waals surface area contributed by atoms with Gasteiger partial charge in [-0.2, -0.15) is 0 Å². The van der Waals surface area contributed by atoms with Crippen LogP contribution in [0.1, 0.15) is 35.4 Å². The first-order chi connectivity index (χ1) is 9.20. The van der Waals surface area contributed by atoms with Crippen LogP contribution in [0, 0.1) is 0 Å². The average molecular weight is 294 g/mol. The second-order valence-electron chi connectivity index (χ2n) is 4.60. The molecule has 2 aromatic rings. The first kappa shape index (κ1) is 12.6. The molecule has 2 heterocycles. The van der Waals surface area contributed by atoms with Crippen molar-refractivity contribution in [3.63, 3.8) is 0 Å². The largest absolute Gasteiger partial charge is 0.339 e. The van der Waals surface area contributed by atoms with Crippen LogP contribution in [0.25, 0.3) is 0 Å². The zero-order chi connectivity index (χ0) is 13.3. The van der Waals surface area contributed by atoms with Gasteiger partial charge in [-0.05, 0) is 31.4 Å². The predicted molar refractivity (Wildman–Crippen MR) is 74.4 cm³/mol. The van der Waals surface area contributed by atoms with Crippen molar-refractivity contribution in [1.82, 2.24) is 15.3 Å². The van der Waals surface area contributed by atoms with Crippen molar-refractivity contribution in [2.45, 2.75) is 24.8 Å².